The van der Waals surface area contributed by atoms with Gasteiger partial charge in [0.15, 0.2) is 6.67 Å². The summed E-state index contributed by atoms with van der Waals surface area (Å²) in [5.41, 5.74) is 0. The second kappa shape index (κ2) is 2.75. The molecule has 73 valence electrons. The van der Waals surface area contributed by atoms with Crippen LogP contribution in [0, 0.1) is 0 Å². The predicted octanol–water partition coefficient (Wildman–Crippen LogP) is 2.25. The first kappa shape index (κ1) is 11.5. The van der Waals surface area contributed by atoms with Crippen LogP contribution in [0.2, 0.25) is 0 Å². The maximum absolute atomic E-state index is 11.7. The van der Waals surface area contributed by atoms with E-state index in [2.05, 4.69) is 0 Å². The molecule has 0 amide bonds. The van der Waals surface area contributed by atoms with E-state index in [4.69, 9.17) is 0 Å². The van der Waals surface area contributed by atoms with Crippen molar-refractivity contribution < 1.29 is 35.8 Å². The quantitative estimate of drug-likeness (QED) is 0.621. The fourth-order valence-electron chi connectivity index (χ4n) is 0.297. The molecule has 1 radical (unpaired) electrons. The Morgan fingerprint density at radius 2 is 1.25 bits per heavy atom. The Labute approximate surface area is 61.8 Å². The lowest BCUT2D eigenvalue weighted by Crippen LogP contribution is -2.54. The van der Waals surface area contributed by atoms with E-state index in [1.165, 1.54) is 0 Å². The van der Waals surface area contributed by atoms with Gasteiger partial charge in [-0.1, -0.05) is 0 Å². The zero-order valence-electron chi connectivity index (χ0n) is 5.26. The van der Waals surface area contributed by atoms with Gasteiger partial charge in [0.25, 0.3) is 0 Å². The zero-order chi connectivity index (χ0) is 10.2. The second-order valence-electron chi connectivity index (χ2n) is 1.93. The molecule has 0 atom stereocenters. The van der Waals surface area contributed by atoms with Crippen LogP contribution < -0.4 is 0 Å². The maximum Gasteiger partial charge on any atom is 0.451 e. The highest BCUT2D eigenvalue weighted by Gasteiger charge is 2.72. The van der Waals surface area contributed by atoms with Crippen LogP contribution in [-0.2, 0) is 5.11 Å². The standard InChI is InChI=1S/C4H2F7O/c5-1-2(6,7)3(8,9)4(10,11)12/h1H2. The maximum atomic E-state index is 11.7. The van der Waals surface area contributed by atoms with Crippen molar-refractivity contribution in [1.82, 2.24) is 0 Å². The number of halogens is 7. The summed E-state index contributed by atoms with van der Waals surface area (Å²) in [4.78, 5) is 0. The minimum Gasteiger partial charge on any atom is -0.244 e. The van der Waals surface area contributed by atoms with Gasteiger partial charge in [-0.2, -0.15) is 31.4 Å². The number of hydrogen-bond acceptors (Lipinski definition) is 0. The summed E-state index contributed by atoms with van der Waals surface area (Å²) in [5, 5.41) is 9.20. The van der Waals surface area contributed by atoms with Gasteiger partial charge in [-0.15, -0.1) is 0 Å². The van der Waals surface area contributed by atoms with Crippen LogP contribution in [0.15, 0.2) is 0 Å². The van der Waals surface area contributed by atoms with E-state index in [1.807, 2.05) is 0 Å². The third-order valence-corrected chi connectivity index (χ3v) is 0.993. The molecule has 12 heavy (non-hydrogen) atoms. The van der Waals surface area contributed by atoms with Crippen molar-refractivity contribution in [3.05, 3.63) is 0 Å². The summed E-state index contributed by atoms with van der Waals surface area (Å²) in [6, 6.07) is 0. The van der Waals surface area contributed by atoms with Gasteiger partial charge in [-0.3, -0.25) is 0 Å². The zero-order valence-corrected chi connectivity index (χ0v) is 5.26. The van der Waals surface area contributed by atoms with Gasteiger partial charge in [0.2, 0.25) is 0 Å². The summed E-state index contributed by atoms with van der Waals surface area (Å²) in [7, 11) is 0. The Morgan fingerprint density at radius 1 is 0.917 bits per heavy atom. The summed E-state index contributed by atoms with van der Waals surface area (Å²) >= 11 is 0. The SMILES string of the molecule is [O]C(F)(F)C(F)(F)C(F)(F)CF. The molecule has 0 aliphatic heterocycles. The van der Waals surface area contributed by atoms with E-state index in [9.17, 15) is 35.8 Å². The van der Waals surface area contributed by atoms with Crippen molar-refractivity contribution in [1.29, 1.82) is 0 Å². The molecule has 0 bridgehead atoms. The van der Waals surface area contributed by atoms with Crippen molar-refractivity contribution in [3.63, 3.8) is 0 Å². The topological polar surface area (TPSA) is 19.9 Å². The molecule has 8 heteroatoms. The van der Waals surface area contributed by atoms with Crippen LogP contribution in [0.5, 0.6) is 0 Å². The minimum atomic E-state index is -6.21. The highest BCUT2D eigenvalue weighted by molar-refractivity contribution is 4.89. The molecule has 0 N–H and O–H groups in total. The lowest BCUT2D eigenvalue weighted by molar-refractivity contribution is -0.405. The molecule has 0 unspecified atom stereocenters. The number of rotatable bonds is 3. The lowest BCUT2D eigenvalue weighted by atomic mass is 10.2. The molecule has 0 fully saturated rings. The molecule has 1 nitrogen and oxygen atoms in total. The second-order valence-corrected chi connectivity index (χ2v) is 1.93. The van der Waals surface area contributed by atoms with E-state index in [0.717, 1.165) is 0 Å². The smallest absolute Gasteiger partial charge is 0.244 e. The van der Waals surface area contributed by atoms with Gasteiger partial charge in [0.05, 0.1) is 0 Å². The summed E-state index contributed by atoms with van der Waals surface area (Å²) in [6.45, 7) is -3.02. The van der Waals surface area contributed by atoms with Gasteiger partial charge < -0.3 is 0 Å². The van der Waals surface area contributed by atoms with Crippen LogP contribution in [0.3, 0.4) is 0 Å². The Balaban J connectivity index is 4.85. The predicted molar refractivity (Wildman–Crippen MR) is 21.5 cm³/mol. The minimum absolute atomic E-state index is 3.02. The number of alkyl halides is 7. The van der Waals surface area contributed by atoms with Crippen molar-refractivity contribution in [2.75, 3.05) is 6.67 Å². The molecular weight excluding hydrogens is 197 g/mol. The Morgan fingerprint density at radius 3 is 1.33 bits per heavy atom. The molecule has 0 heterocycles. The molecule has 0 saturated carbocycles. The van der Waals surface area contributed by atoms with Crippen molar-refractivity contribution in [2.24, 2.45) is 0 Å². The van der Waals surface area contributed by atoms with Crippen LogP contribution in [0.1, 0.15) is 0 Å². The fraction of sp³-hybridized carbons (Fsp3) is 1.00. The summed E-state index contributed by atoms with van der Waals surface area (Å²) < 4.78 is 80.1. The molecule has 0 aromatic rings. The average Bonchev–Trinajstić information content (AvgIpc) is 1.85. The van der Waals surface area contributed by atoms with Gasteiger partial charge in [0, 0.05) is 0 Å². The van der Waals surface area contributed by atoms with E-state index in [1.54, 1.807) is 0 Å². The number of hydrogen-bond donors (Lipinski definition) is 0. The largest absolute Gasteiger partial charge is 0.451 e. The third-order valence-electron chi connectivity index (χ3n) is 0.993. The first-order valence-corrected chi connectivity index (χ1v) is 2.46. The molecular formula is C4H2F7O. The van der Waals surface area contributed by atoms with Crippen molar-refractivity contribution >= 4 is 0 Å². The van der Waals surface area contributed by atoms with Crippen molar-refractivity contribution in [3.8, 4) is 0 Å². The first-order valence-electron chi connectivity index (χ1n) is 2.46. The van der Waals surface area contributed by atoms with Crippen LogP contribution in [0.4, 0.5) is 30.7 Å². The monoisotopic (exact) mass is 199 g/mol. The van der Waals surface area contributed by atoms with Crippen molar-refractivity contribution in [2.45, 2.75) is 18.0 Å². The van der Waals surface area contributed by atoms with Crippen LogP contribution >= 0.6 is 0 Å². The average molecular weight is 199 g/mol. The van der Waals surface area contributed by atoms with Gasteiger partial charge in [0.1, 0.15) is 0 Å². The molecule has 0 spiro atoms. The van der Waals surface area contributed by atoms with Gasteiger partial charge >= 0.3 is 18.0 Å². The van der Waals surface area contributed by atoms with Crippen LogP contribution in [-0.4, -0.2) is 24.6 Å². The van der Waals surface area contributed by atoms with E-state index in [0.29, 0.717) is 0 Å². The molecule has 0 rings (SSSR count). The molecule has 0 aliphatic carbocycles. The van der Waals surface area contributed by atoms with Gasteiger partial charge in [-0.25, -0.2) is 4.39 Å². The highest BCUT2D eigenvalue weighted by Crippen LogP contribution is 2.44. The lowest BCUT2D eigenvalue weighted by Gasteiger charge is -2.25. The summed E-state index contributed by atoms with van der Waals surface area (Å²) in [5.74, 6) is -11.9. The van der Waals surface area contributed by atoms with E-state index >= 15 is 0 Å². The molecule has 0 saturated heterocycles. The third kappa shape index (κ3) is 1.62. The summed E-state index contributed by atoms with van der Waals surface area (Å²) in [6.07, 6.45) is -6.19. The molecule has 0 aromatic carbocycles. The molecule has 0 aromatic heterocycles. The Kier molecular flexibility index (Phi) is 2.63. The van der Waals surface area contributed by atoms with E-state index < -0.39 is 24.6 Å². The Bertz CT molecular complexity index is 159. The van der Waals surface area contributed by atoms with Crippen LogP contribution in [0.25, 0.3) is 0 Å². The Hall–Kier alpha value is -0.530. The van der Waals surface area contributed by atoms with Gasteiger partial charge in [-0.05, 0) is 0 Å². The molecule has 0 aliphatic rings. The fourth-order valence-corrected chi connectivity index (χ4v) is 0.297. The normalized spacial score (nSPS) is 15.0. The highest BCUT2D eigenvalue weighted by atomic mass is 19.4. The van der Waals surface area contributed by atoms with E-state index in [-0.39, 0.29) is 0 Å². The first-order chi connectivity index (χ1) is 5.06.